The van der Waals surface area contributed by atoms with Crippen LogP contribution in [0, 0.1) is 17.2 Å². The van der Waals surface area contributed by atoms with Gasteiger partial charge in [0.2, 0.25) is 5.88 Å². The van der Waals surface area contributed by atoms with Gasteiger partial charge in [0, 0.05) is 18.0 Å². The van der Waals surface area contributed by atoms with E-state index in [4.69, 9.17) is 14.7 Å². The van der Waals surface area contributed by atoms with Crippen LogP contribution in [0.2, 0.25) is 0 Å². The van der Waals surface area contributed by atoms with E-state index in [0.717, 1.165) is 24.9 Å². The van der Waals surface area contributed by atoms with E-state index < -0.39 is 0 Å². The SMILES string of the molecule is COc1ccc(N[C@@H]2CCC[C@@H]3O[C@H](CC#N)C[C@@H]32)cn1. The van der Waals surface area contributed by atoms with Crippen LogP contribution in [0.1, 0.15) is 32.1 Å². The van der Waals surface area contributed by atoms with Crippen molar-refractivity contribution in [3.05, 3.63) is 18.3 Å². The van der Waals surface area contributed by atoms with Crippen LogP contribution >= 0.6 is 0 Å². The molecule has 3 rings (SSSR count). The number of rotatable bonds is 4. The first-order chi connectivity index (χ1) is 10.3. The number of hydrogen-bond donors (Lipinski definition) is 1. The van der Waals surface area contributed by atoms with Crippen molar-refractivity contribution in [1.29, 1.82) is 5.26 Å². The summed E-state index contributed by atoms with van der Waals surface area (Å²) in [5.41, 5.74) is 1.02. The van der Waals surface area contributed by atoms with Gasteiger partial charge in [0.1, 0.15) is 0 Å². The lowest BCUT2D eigenvalue weighted by Gasteiger charge is -2.33. The Bertz CT molecular complexity index is 511. The van der Waals surface area contributed by atoms with Crippen LogP contribution in [0.15, 0.2) is 18.3 Å². The van der Waals surface area contributed by atoms with E-state index in [1.807, 2.05) is 18.3 Å². The molecule has 5 heteroatoms. The topological polar surface area (TPSA) is 67.2 Å². The number of nitriles is 1. The highest BCUT2D eigenvalue weighted by atomic mass is 16.5. The van der Waals surface area contributed by atoms with Gasteiger partial charge in [0.15, 0.2) is 0 Å². The summed E-state index contributed by atoms with van der Waals surface area (Å²) in [5.74, 6) is 1.12. The molecule has 21 heavy (non-hydrogen) atoms. The van der Waals surface area contributed by atoms with Crippen LogP contribution in [0.5, 0.6) is 5.88 Å². The molecule has 5 nitrogen and oxygen atoms in total. The van der Waals surface area contributed by atoms with E-state index >= 15 is 0 Å². The van der Waals surface area contributed by atoms with Crippen LogP contribution in [0.25, 0.3) is 0 Å². The Morgan fingerprint density at radius 1 is 1.48 bits per heavy atom. The lowest BCUT2D eigenvalue weighted by molar-refractivity contribution is 0.0189. The molecule has 112 valence electrons. The summed E-state index contributed by atoms with van der Waals surface area (Å²) in [6.07, 6.45) is 7.15. The zero-order valence-corrected chi connectivity index (χ0v) is 12.3. The number of pyridine rings is 1. The van der Waals surface area contributed by atoms with E-state index in [1.165, 1.54) is 6.42 Å². The number of anilines is 1. The van der Waals surface area contributed by atoms with Gasteiger partial charge in [-0.25, -0.2) is 4.98 Å². The number of nitrogens with one attached hydrogen (secondary N) is 1. The van der Waals surface area contributed by atoms with E-state index in [-0.39, 0.29) is 6.10 Å². The van der Waals surface area contributed by atoms with Gasteiger partial charge in [-0.3, -0.25) is 0 Å². The monoisotopic (exact) mass is 287 g/mol. The lowest BCUT2D eigenvalue weighted by Crippen LogP contribution is -2.38. The molecule has 2 heterocycles. The van der Waals surface area contributed by atoms with Crippen LogP contribution in [0.4, 0.5) is 5.69 Å². The quantitative estimate of drug-likeness (QED) is 0.922. The Labute approximate surface area is 125 Å². The predicted molar refractivity (Wildman–Crippen MR) is 79.0 cm³/mol. The highest BCUT2D eigenvalue weighted by Crippen LogP contribution is 2.39. The van der Waals surface area contributed by atoms with Crippen molar-refractivity contribution >= 4 is 5.69 Å². The predicted octanol–water partition coefficient (Wildman–Crippen LogP) is 2.74. The summed E-state index contributed by atoms with van der Waals surface area (Å²) in [7, 11) is 1.62. The van der Waals surface area contributed by atoms with Crippen molar-refractivity contribution in [3.63, 3.8) is 0 Å². The third-order valence-electron chi connectivity index (χ3n) is 4.52. The Balaban J connectivity index is 1.65. The minimum absolute atomic E-state index is 0.112. The first-order valence-corrected chi connectivity index (χ1v) is 7.59. The maximum atomic E-state index is 8.84. The normalized spacial score (nSPS) is 31.2. The molecule has 1 aromatic heterocycles. The summed E-state index contributed by atoms with van der Waals surface area (Å²) >= 11 is 0. The molecule has 1 aliphatic carbocycles. The van der Waals surface area contributed by atoms with Gasteiger partial charge in [-0.15, -0.1) is 0 Å². The first kappa shape index (κ1) is 14.2. The third-order valence-corrected chi connectivity index (χ3v) is 4.52. The fourth-order valence-electron chi connectivity index (χ4n) is 3.53. The second kappa shape index (κ2) is 6.31. The summed E-state index contributed by atoms with van der Waals surface area (Å²) in [6.45, 7) is 0. The second-order valence-electron chi connectivity index (χ2n) is 5.83. The number of fused-ring (bicyclic) bond motifs is 1. The van der Waals surface area contributed by atoms with Crippen LogP contribution < -0.4 is 10.1 Å². The smallest absolute Gasteiger partial charge is 0.213 e. The molecule has 0 amide bonds. The van der Waals surface area contributed by atoms with Crippen molar-refractivity contribution in [2.24, 2.45) is 5.92 Å². The van der Waals surface area contributed by atoms with Gasteiger partial charge in [-0.05, 0) is 31.7 Å². The fourth-order valence-corrected chi connectivity index (χ4v) is 3.53. The van der Waals surface area contributed by atoms with Gasteiger partial charge in [0.25, 0.3) is 0 Å². The molecule has 0 spiro atoms. The Hall–Kier alpha value is -1.80. The van der Waals surface area contributed by atoms with Crippen molar-refractivity contribution in [3.8, 4) is 11.9 Å². The van der Waals surface area contributed by atoms with Gasteiger partial charge in [0.05, 0.1) is 43.7 Å². The molecule has 1 saturated carbocycles. The summed E-state index contributed by atoms with van der Waals surface area (Å²) in [4.78, 5) is 4.23. The standard InChI is InChI=1S/C16H21N3O2/c1-20-16-6-5-11(10-18-16)19-14-3-2-4-15-13(14)9-12(21-15)7-8-17/h5-6,10,12-15,19H,2-4,7,9H2,1H3/t12-,13-,14-,15+/m1/s1. The summed E-state index contributed by atoms with van der Waals surface area (Å²) in [5, 5.41) is 12.4. The van der Waals surface area contributed by atoms with E-state index in [2.05, 4.69) is 16.4 Å². The Morgan fingerprint density at radius 3 is 3.10 bits per heavy atom. The summed E-state index contributed by atoms with van der Waals surface area (Å²) < 4.78 is 11.1. The molecule has 1 aliphatic heterocycles. The molecule has 1 saturated heterocycles. The molecule has 4 atom stereocenters. The molecule has 0 radical (unpaired) electrons. The van der Waals surface area contributed by atoms with Crippen molar-refractivity contribution in [2.75, 3.05) is 12.4 Å². The van der Waals surface area contributed by atoms with Gasteiger partial charge >= 0.3 is 0 Å². The molecular formula is C16H21N3O2. The molecule has 0 aromatic carbocycles. The third kappa shape index (κ3) is 3.11. The minimum Gasteiger partial charge on any atom is -0.481 e. The highest BCUT2D eigenvalue weighted by molar-refractivity contribution is 5.43. The lowest BCUT2D eigenvalue weighted by atomic mass is 9.81. The Morgan fingerprint density at radius 2 is 2.38 bits per heavy atom. The molecule has 0 bridgehead atoms. The molecule has 1 aromatic rings. The largest absolute Gasteiger partial charge is 0.481 e. The summed E-state index contributed by atoms with van der Waals surface area (Å²) in [6, 6.07) is 6.50. The van der Waals surface area contributed by atoms with E-state index in [9.17, 15) is 0 Å². The van der Waals surface area contributed by atoms with E-state index in [1.54, 1.807) is 7.11 Å². The average molecular weight is 287 g/mol. The van der Waals surface area contributed by atoms with Crippen LogP contribution in [0.3, 0.4) is 0 Å². The molecule has 1 N–H and O–H groups in total. The van der Waals surface area contributed by atoms with Crippen molar-refractivity contribution in [2.45, 2.75) is 50.4 Å². The van der Waals surface area contributed by atoms with Gasteiger partial charge < -0.3 is 14.8 Å². The molecular weight excluding hydrogens is 266 g/mol. The maximum absolute atomic E-state index is 8.84. The van der Waals surface area contributed by atoms with Crippen molar-refractivity contribution < 1.29 is 9.47 Å². The Kier molecular flexibility index (Phi) is 4.26. The first-order valence-electron chi connectivity index (χ1n) is 7.59. The number of methoxy groups -OCH3 is 1. The molecule has 2 aliphatic rings. The highest BCUT2D eigenvalue weighted by Gasteiger charge is 2.41. The minimum atomic E-state index is 0.112. The van der Waals surface area contributed by atoms with Crippen molar-refractivity contribution in [1.82, 2.24) is 4.98 Å². The number of ether oxygens (including phenoxy) is 2. The zero-order valence-electron chi connectivity index (χ0n) is 12.3. The molecule has 0 unspecified atom stereocenters. The van der Waals surface area contributed by atoms with E-state index in [0.29, 0.717) is 30.4 Å². The number of aromatic nitrogens is 1. The van der Waals surface area contributed by atoms with Crippen LogP contribution in [-0.2, 0) is 4.74 Å². The zero-order chi connectivity index (χ0) is 14.7. The fraction of sp³-hybridized carbons (Fsp3) is 0.625. The number of hydrogen-bond acceptors (Lipinski definition) is 5. The maximum Gasteiger partial charge on any atom is 0.213 e. The number of nitrogens with zero attached hydrogens (tertiary/aromatic N) is 2. The van der Waals surface area contributed by atoms with Gasteiger partial charge in [-0.2, -0.15) is 5.26 Å². The second-order valence-corrected chi connectivity index (χ2v) is 5.83. The van der Waals surface area contributed by atoms with Crippen LogP contribution in [-0.4, -0.2) is 30.3 Å². The van der Waals surface area contributed by atoms with Gasteiger partial charge in [-0.1, -0.05) is 0 Å². The average Bonchev–Trinajstić information content (AvgIpc) is 2.92. The molecule has 2 fully saturated rings.